The first-order chi connectivity index (χ1) is 17.1. The SMILES string of the molecule is CCCCCNc1nc(N)nc2ccn(Cc3ccc(CN4CC5(CNCCO5)C4)cc3OC)c12. The summed E-state index contributed by atoms with van der Waals surface area (Å²) >= 11 is 0. The highest BCUT2D eigenvalue weighted by molar-refractivity contribution is 5.87. The highest BCUT2D eigenvalue weighted by Gasteiger charge is 2.44. The van der Waals surface area contributed by atoms with Crippen molar-refractivity contribution in [2.24, 2.45) is 0 Å². The molecule has 1 spiro atoms. The van der Waals surface area contributed by atoms with Crippen LogP contribution in [0.4, 0.5) is 11.8 Å². The molecule has 0 radical (unpaired) electrons. The van der Waals surface area contributed by atoms with Crippen molar-refractivity contribution in [3.8, 4) is 5.75 Å². The van der Waals surface area contributed by atoms with E-state index in [1.807, 2.05) is 12.3 Å². The number of methoxy groups -OCH3 is 1. The number of nitrogens with one attached hydrogen (secondary N) is 2. The van der Waals surface area contributed by atoms with Crippen LogP contribution in [-0.4, -0.2) is 71.5 Å². The van der Waals surface area contributed by atoms with Crippen molar-refractivity contribution in [2.75, 3.05) is 57.5 Å². The number of fused-ring (bicyclic) bond motifs is 1. The summed E-state index contributed by atoms with van der Waals surface area (Å²) in [5.41, 5.74) is 10.2. The van der Waals surface area contributed by atoms with Gasteiger partial charge < -0.3 is 30.4 Å². The van der Waals surface area contributed by atoms with Gasteiger partial charge in [-0.1, -0.05) is 31.9 Å². The van der Waals surface area contributed by atoms with Gasteiger partial charge in [-0.15, -0.1) is 0 Å². The van der Waals surface area contributed by atoms with Crippen molar-refractivity contribution in [3.05, 3.63) is 41.6 Å². The minimum absolute atomic E-state index is 0.00546. The summed E-state index contributed by atoms with van der Waals surface area (Å²) in [6.07, 6.45) is 5.50. The highest BCUT2D eigenvalue weighted by Crippen LogP contribution is 2.30. The van der Waals surface area contributed by atoms with Gasteiger partial charge in [0.05, 0.1) is 25.8 Å². The second kappa shape index (κ2) is 10.4. The quantitative estimate of drug-likeness (QED) is 0.382. The van der Waals surface area contributed by atoms with Crippen molar-refractivity contribution < 1.29 is 9.47 Å². The van der Waals surface area contributed by atoms with Crippen molar-refractivity contribution in [1.82, 2.24) is 24.8 Å². The van der Waals surface area contributed by atoms with E-state index in [0.717, 1.165) is 80.5 Å². The average molecular weight is 480 g/mol. The predicted octanol–water partition coefficient (Wildman–Crippen LogP) is 2.85. The molecule has 1 aromatic carbocycles. The van der Waals surface area contributed by atoms with Gasteiger partial charge in [0.15, 0.2) is 5.82 Å². The number of aromatic nitrogens is 3. The van der Waals surface area contributed by atoms with E-state index >= 15 is 0 Å². The van der Waals surface area contributed by atoms with Crippen molar-refractivity contribution in [2.45, 2.75) is 44.9 Å². The molecule has 2 aliphatic heterocycles. The monoisotopic (exact) mass is 479 g/mol. The van der Waals surface area contributed by atoms with Crippen LogP contribution in [-0.2, 0) is 17.8 Å². The topological polar surface area (TPSA) is 102 Å². The molecule has 9 heteroatoms. The van der Waals surface area contributed by atoms with Gasteiger partial charge in [-0.2, -0.15) is 4.98 Å². The fourth-order valence-corrected chi connectivity index (χ4v) is 5.21. The van der Waals surface area contributed by atoms with Crippen LogP contribution in [0.3, 0.4) is 0 Å². The number of rotatable bonds is 10. The molecular weight excluding hydrogens is 442 g/mol. The molecule has 0 saturated carbocycles. The molecule has 3 aromatic rings. The zero-order valence-corrected chi connectivity index (χ0v) is 20.8. The fraction of sp³-hybridized carbons (Fsp3) is 0.538. The molecule has 0 aliphatic carbocycles. The van der Waals surface area contributed by atoms with E-state index in [1.54, 1.807) is 7.11 Å². The molecule has 5 rings (SSSR count). The lowest BCUT2D eigenvalue weighted by Gasteiger charge is -2.51. The molecule has 2 aliphatic rings. The summed E-state index contributed by atoms with van der Waals surface area (Å²) in [7, 11) is 1.74. The van der Waals surface area contributed by atoms with Crippen LogP contribution in [0.5, 0.6) is 5.75 Å². The lowest BCUT2D eigenvalue weighted by molar-refractivity contribution is -0.158. The highest BCUT2D eigenvalue weighted by atomic mass is 16.5. The van der Waals surface area contributed by atoms with Crippen LogP contribution in [0.15, 0.2) is 30.5 Å². The summed E-state index contributed by atoms with van der Waals surface area (Å²) < 4.78 is 14.0. The van der Waals surface area contributed by atoms with Crippen molar-refractivity contribution in [1.29, 1.82) is 0 Å². The second-order valence-electron chi connectivity index (χ2n) is 9.74. The molecule has 0 unspecified atom stereocenters. The molecule has 9 nitrogen and oxygen atoms in total. The van der Waals surface area contributed by atoms with E-state index in [4.69, 9.17) is 15.2 Å². The maximum atomic E-state index is 6.03. The average Bonchev–Trinajstić information content (AvgIpc) is 3.24. The fourth-order valence-electron chi connectivity index (χ4n) is 5.21. The number of hydrogen-bond acceptors (Lipinski definition) is 8. The van der Waals surface area contributed by atoms with Crippen molar-refractivity contribution in [3.63, 3.8) is 0 Å². The maximum Gasteiger partial charge on any atom is 0.222 e. The largest absolute Gasteiger partial charge is 0.496 e. The third-order valence-corrected chi connectivity index (χ3v) is 6.96. The summed E-state index contributed by atoms with van der Waals surface area (Å²) in [6, 6.07) is 8.52. The van der Waals surface area contributed by atoms with Crippen molar-refractivity contribution >= 4 is 22.8 Å². The number of anilines is 2. The Kier molecular flexibility index (Phi) is 7.08. The minimum atomic E-state index is 0.00546. The Morgan fingerprint density at radius 1 is 1.20 bits per heavy atom. The molecule has 0 bridgehead atoms. The normalized spacial score (nSPS) is 17.5. The number of nitrogens with two attached hydrogens (primary N) is 1. The molecular formula is C26H37N7O2. The Morgan fingerprint density at radius 3 is 2.86 bits per heavy atom. The zero-order valence-electron chi connectivity index (χ0n) is 20.8. The van der Waals surface area contributed by atoms with Gasteiger partial charge in [0, 0.05) is 51.0 Å². The summed E-state index contributed by atoms with van der Waals surface area (Å²) in [6.45, 7) is 9.26. The van der Waals surface area contributed by atoms with Crippen LogP contribution < -0.4 is 21.1 Å². The standard InChI is InChI=1S/C26H37N7O2/c1-3-4-5-9-29-24-23-21(30-25(27)31-24)8-11-33(23)15-20-7-6-19(13-22(20)34-2)14-32-17-26(18-32)16-28-10-12-35-26/h6-8,11,13,28H,3-5,9-10,12,14-18H2,1-2H3,(H3,27,29,30,31). The van der Waals surface area contributed by atoms with E-state index in [1.165, 1.54) is 18.4 Å². The van der Waals surface area contributed by atoms with E-state index in [9.17, 15) is 0 Å². The Bertz CT molecular complexity index is 1150. The number of morpholine rings is 1. The third kappa shape index (κ3) is 5.22. The first kappa shape index (κ1) is 23.8. The molecule has 0 atom stereocenters. The van der Waals surface area contributed by atoms with Gasteiger partial charge >= 0.3 is 0 Å². The van der Waals surface area contributed by atoms with E-state index in [0.29, 0.717) is 6.54 Å². The smallest absolute Gasteiger partial charge is 0.222 e. The van der Waals surface area contributed by atoms with Crippen LogP contribution in [0, 0.1) is 0 Å². The predicted molar refractivity (Wildman–Crippen MR) is 139 cm³/mol. The number of unbranched alkanes of at least 4 members (excludes halogenated alkanes) is 2. The Labute approximate surface area is 207 Å². The lowest BCUT2D eigenvalue weighted by atomic mass is 9.92. The molecule has 35 heavy (non-hydrogen) atoms. The molecule has 188 valence electrons. The van der Waals surface area contributed by atoms with Gasteiger partial charge in [0.25, 0.3) is 0 Å². The van der Waals surface area contributed by atoms with Crippen LogP contribution >= 0.6 is 0 Å². The summed E-state index contributed by atoms with van der Waals surface area (Å²) in [5, 5.41) is 6.92. The van der Waals surface area contributed by atoms with Crippen LogP contribution in [0.1, 0.15) is 37.3 Å². The third-order valence-electron chi connectivity index (χ3n) is 6.96. The number of benzene rings is 1. The van der Waals surface area contributed by atoms with Gasteiger partial charge in [-0.3, -0.25) is 4.90 Å². The lowest BCUT2D eigenvalue weighted by Crippen LogP contribution is -2.69. The first-order valence-corrected chi connectivity index (χ1v) is 12.7. The van der Waals surface area contributed by atoms with Gasteiger partial charge in [-0.25, -0.2) is 4.98 Å². The van der Waals surface area contributed by atoms with Gasteiger partial charge in [-0.05, 0) is 24.1 Å². The minimum Gasteiger partial charge on any atom is -0.496 e. The number of nitrogen functional groups attached to an aromatic ring is 1. The molecule has 2 saturated heterocycles. The maximum absolute atomic E-state index is 6.03. The summed E-state index contributed by atoms with van der Waals surface area (Å²) in [4.78, 5) is 11.4. The Balaban J connectivity index is 1.30. The number of ether oxygens (including phenoxy) is 2. The molecule has 2 aromatic heterocycles. The first-order valence-electron chi connectivity index (χ1n) is 12.7. The second-order valence-corrected chi connectivity index (χ2v) is 9.74. The van der Waals surface area contributed by atoms with Gasteiger partial charge in [0.1, 0.15) is 16.9 Å². The Morgan fingerprint density at radius 2 is 2.09 bits per heavy atom. The number of nitrogens with zero attached hydrogens (tertiary/aromatic N) is 4. The van der Waals surface area contributed by atoms with E-state index < -0.39 is 0 Å². The number of hydrogen-bond donors (Lipinski definition) is 3. The van der Waals surface area contributed by atoms with Crippen LogP contribution in [0.2, 0.25) is 0 Å². The zero-order chi connectivity index (χ0) is 24.3. The molecule has 4 N–H and O–H groups in total. The molecule has 0 amide bonds. The van der Waals surface area contributed by atoms with E-state index in [2.05, 4.69) is 55.2 Å². The summed E-state index contributed by atoms with van der Waals surface area (Å²) in [5.74, 6) is 1.97. The van der Waals surface area contributed by atoms with E-state index in [-0.39, 0.29) is 11.5 Å². The van der Waals surface area contributed by atoms with Crippen LogP contribution in [0.25, 0.3) is 11.0 Å². The number of likely N-dealkylation sites (tertiary alicyclic amines) is 1. The Hall–Kier alpha value is -2.88. The van der Waals surface area contributed by atoms with Gasteiger partial charge in [0.2, 0.25) is 5.95 Å². The molecule has 4 heterocycles. The molecule has 2 fully saturated rings.